The van der Waals surface area contributed by atoms with Gasteiger partial charge in [-0.25, -0.2) is 12.8 Å². The van der Waals surface area contributed by atoms with Crippen molar-refractivity contribution in [1.82, 2.24) is 4.72 Å². The van der Waals surface area contributed by atoms with Gasteiger partial charge in [0, 0.05) is 5.56 Å². The van der Waals surface area contributed by atoms with Gasteiger partial charge < -0.3 is 9.47 Å². The van der Waals surface area contributed by atoms with E-state index in [4.69, 9.17) is 9.47 Å². The average molecular weight is 472 g/mol. The molecule has 0 radical (unpaired) electrons. The number of benzene rings is 3. The molecule has 0 heterocycles. The molecule has 3 aromatic rings. The number of hydrogen-bond acceptors (Lipinski definition) is 5. The summed E-state index contributed by atoms with van der Waals surface area (Å²) in [6.45, 7) is 3.59. The highest BCUT2D eigenvalue weighted by atomic mass is 32.2. The normalized spacial score (nSPS) is 12.4. The number of carbonyl (C=O) groups is 1. The minimum absolute atomic E-state index is 0.0469. The Kier molecular flexibility index (Phi) is 7.84. The van der Waals surface area contributed by atoms with E-state index in [1.165, 1.54) is 25.3 Å². The number of carbonyl (C=O) groups excluding carboxylic acids is 1. The van der Waals surface area contributed by atoms with Gasteiger partial charge in [0.15, 0.2) is 0 Å². The number of halogens is 1. The zero-order valence-corrected chi connectivity index (χ0v) is 19.4. The summed E-state index contributed by atoms with van der Waals surface area (Å²) in [7, 11) is -2.68. The molecule has 0 aliphatic carbocycles. The van der Waals surface area contributed by atoms with Crippen molar-refractivity contribution in [2.75, 3.05) is 7.11 Å². The predicted octanol–water partition coefficient (Wildman–Crippen LogP) is 4.55. The van der Waals surface area contributed by atoms with E-state index in [-0.39, 0.29) is 23.2 Å². The summed E-state index contributed by atoms with van der Waals surface area (Å²) in [6, 6.07) is 19.0. The molecule has 6 nitrogen and oxygen atoms in total. The van der Waals surface area contributed by atoms with E-state index in [1.54, 1.807) is 56.3 Å². The van der Waals surface area contributed by atoms with Gasteiger partial charge in [-0.3, -0.25) is 4.79 Å². The smallest absolute Gasteiger partial charge is 0.324 e. The summed E-state index contributed by atoms with van der Waals surface area (Å²) in [5.74, 6) is -0.633. The molecule has 8 heteroatoms. The second-order valence-corrected chi connectivity index (χ2v) is 9.51. The van der Waals surface area contributed by atoms with Crippen molar-refractivity contribution >= 4 is 16.0 Å². The van der Waals surface area contributed by atoms with Crippen molar-refractivity contribution in [3.8, 4) is 16.9 Å². The van der Waals surface area contributed by atoms with Gasteiger partial charge in [0.05, 0.1) is 12.0 Å². The molecule has 0 amide bonds. The SMILES string of the molecule is COC(=O)C(NS(=O)(=O)c1ccc(-c2ccc(OCc3ccccc3F)cc2)cc1)C(C)C. The second-order valence-electron chi connectivity index (χ2n) is 7.79. The van der Waals surface area contributed by atoms with Crippen LogP contribution in [0, 0.1) is 11.7 Å². The van der Waals surface area contributed by atoms with Crippen LogP contribution in [0.3, 0.4) is 0 Å². The lowest BCUT2D eigenvalue weighted by Crippen LogP contribution is -2.44. The van der Waals surface area contributed by atoms with E-state index in [2.05, 4.69) is 4.72 Å². The van der Waals surface area contributed by atoms with Gasteiger partial charge in [-0.2, -0.15) is 4.72 Å². The van der Waals surface area contributed by atoms with E-state index in [9.17, 15) is 17.6 Å². The van der Waals surface area contributed by atoms with Crippen molar-refractivity contribution < 1.29 is 27.1 Å². The summed E-state index contributed by atoms with van der Waals surface area (Å²) < 4.78 is 51.9. The molecule has 1 N–H and O–H groups in total. The van der Waals surface area contributed by atoms with Gasteiger partial charge in [-0.1, -0.05) is 56.3 Å². The van der Waals surface area contributed by atoms with Crippen molar-refractivity contribution in [1.29, 1.82) is 0 Å². The zero-order valence-electron chi connectivity index (χ0n) is 18.6. The van der Waals surface area contributed by atoms with Crippen LogP contribution in [0.4, 0.5) is 4.39 Å². The van der Waals surface area contributed by atoms with Crippen LogP contribution in [0.2, 0.25) is 0 Å². The quantitative estimate of drug-likeness (QED) is 0.463. The van der Waals surface area contributed by atoms with Crippen LogP contribution in [0.5, 0.6) is 5.75 Å². The van der Waals surface area contributed by atoms with E-state index >= 15 is 0 Å². The molecule has 3 aromatic carbocycles. The number of methoxy groups -OCH3 is 1. The fourth-order valence-corrected chi connectivity index (χ4v) is 4.50. The third kappa shape index (κ3) is 6.18. The highest BCUT2D eigenvalue weighted by Gasteiger charge is 2.29. The van der Waals surface area contributed by atoms with E-state index in [1.807, 2.05) is 12.1 Å². The fraction of sp³-hybridized carbons (Fsp3) is 0.240. The van der Waals surface area contributed by atoms with Crippen molar-refractivity contribution in [2.45, 2.75) is 31.4 Å². The number of ether oxygens (including phenoxy) is 2. The maximum atomic E-state index is 13.7. The minimum atomic E-state index is -3.90. The summed E-state index contributed by atoms with van der Waals surface area (Å²) in [4.78, 5) is 11.9. The molecule has 33 heavy (non-hydrogen) atoms. The first-order valence-corrected chi connectivity index (χ1v) is 11.9. The largest absolute Gasteiger partial charge is 0.489 e. The molecule has 3 rings (SSSR count). The lowest BCUT2D eigenvalue weighted by molar-refractivity contribution is -0.143. The Labute approximate surface area is 193 Å². The van der Waals surface area contributed by atoms with Crippen molar-refractivity contribution in [3.05, 3.63) is 84.2 Å². The molecule has 0 bridgehead atoms. The first-order chi connectivity index (χ1) is 15.7. The van der Waals surface area contributed by atoms with E-state index < -0.39 is 22.0 Å². The maximum absolute atomic E-state index is 13.7. The summed E-state index contributed by atoms with van der Waals surface area (Å²) >= 11 is 0. The summed E-state index contributed by atoms with van der Waals surface area (Å²) in [6.07, 6.45) is 0. The van der Waals surface area contributed by atoms with Crippen molar-refractivity contribution in [2.24, 2.45) is 5.92 Å². The lowest BCUT2D eigenvalue weighted by Gasteiger charge is -2.19. The highest BCUT2D eigenvalue weighted by Crippen LogP contribution is 2.25. The Bertz CT molecular complexity index is 1190. The number of nitrogens with one attached hydrogen (secondary N) is 1. The van der Waals surface area contributed by atoms with Crippen LogP contribution in [0.1, 0.15) is 19.4 Å². The zero-order chi connectivity index (χ0) is 24.0. The monoisotopic (exact) mass is 471 g/mol. The molecule has 1 unspecified atom stereocenters. The Hall–Kier alpha value is -3.23. The summed E-state index contributed by atoms with van der Waals surface area (Å²) in [5, 5.41) is 0. The van der Waals surface area contributed by atoms with Gasteiger partial charge in [0.25, 0.3) is 0 Å². The van der Waals surface area contributed by atoms with Crippen LogP contribution in [0.25, 0.3) is 11.1 Å². The highest BCUT2D eigenvalue weighted by molar-refractivity contribution is 7.89. The van der Waals surface area contributed by atoms with Crippen LogP contribution in [-0.2, 0) is 26.2 Å². The molecule has 0 fully saturated rings. The lowest BCUT2D eigenvalue weighted by atomic mass is 10.1. The third-order valence-electron chi connectivity index (χ3n) is 5.11. The molecule has 0 aliphatic heterocycles. The molecular weight excluding hydrogens is 445 g/mol. The Morgan fingerprint density at radius 1 is 0.939 bits per heavy atom. The molecular formula is C25H26FNO5S. The molecule has 1 atom stereocenters. The van der Waals surface area contributed by atoms with Crippen LogP contribution in [-0.4, -0.2) is 27.5 Å². The molecule has 174 valence electrons. The second kappa shape index (κ2) is 10.6. The van der Waals surface area contributed by atoms with Crippen LogP contribution >= 0.6 is 0 Å². The van der Waals surface area contributed by atoms with Gasteiger partial charge in [0.1, 0.15) is 24.2 Å². The number of sulfonamides is 1. The summed E-state index contributed by atoms with van der Waals surface area (Å²) in [5.41, 5.74) is 2.14. The number of esters is 1. The van der Waals surface area contributed by atoms with Gasteiger partial charge in [-0.15, -0.1) is 0 Å². The van der Waals surface area contributed by atoms with Crippen LogP contribution < -0.4 is 9.46 Å². The average Bonchev–Trinajstić information content (AvgIpc) is 2.82. The maximum Gasteiger partial charge on any atom is 0.324 e. The van der Waals surface area contributed by atoms with Crippen molar-refractivity contribution in [3.63, 3.8) is 0 Å². The standard InChI is InChI=1S/C25H26FNO5S/c1-17(2)24(25(28)31-3)27-33(29,30)22-14-10-19(11-15-22)18-8-12-21(13-9-18)32-16-20-6-4-5-7-23(20)26/h4-15,17,24,27H,16H2,1-3H3. The number of rotatable bonds is 9. The predicted molar refractivity (Wildman–Crippen MR) is 124 cm³/mol. The third-order valence-corrected chi connectivity index (χ3v) is 6.57. The first-order valence-electron chi connectivity index (χ1n) is 10.4. The molecule has 0 spiro atoms. The minimum Gasteiger partial charge on any atom is -0.489 e. The molecule has 0 saturated carbocycles. The fourth-order valence-electron chi connectivity index (χ4n) is 3.17. The number of hydrogen-bond donors (Lipinski definition) is 1. The first kappa shape index (κ1) is 24.4. The van der Waals surface area contributed by atoms with E-state index in [0.29, 0.717) is 11.3 Å². The molecule has 0 aliphatic rings. The Morgan fingerprint density at radius 2 is 1.52 bits per heavy atom. The Balaban J connectivity index is 1.69. The van der Waals surface area contributed by atoms with Gasteiger partial charge >= 0.3 is 5.97 Å². The van der Waals surface area contributed by atoms with Gasteiger partial charge in [0.2, 0.25) is 10.0 Å². The topological polar surface area (TPSA) is 81.7 Å². The molecule has 0 saturated heterocycles. The van der Waals surface area contributed by atoms with E-state index in [0.717, 1.165) is 11.1 Å². The molecule has 0 aromatic heterocycles. The Morgan fingerprint density at radius 3 is 2.06 bits per heavy atom. The van der Waals surface area contributed by atoms with Gasteiger partial charge in [-0.05, 0) is 47.4 Å². The van der Waals surface area contributed by atoms with Crippen LogP contribution in [0.15, 0.2) is 77.7 Å².